The number of benzene rings is 1. The summed E-state index contributed by atoms with van der Waals surface area (Å²) in [4.78, 5) is 12.3. The molecule has 0 heterocycles. The summed E-state index contributed by atoms with van der Waals surface area (Å²) < 4.78 is 29.3. The minimum Gasteiger partial charge on any atom is -0.445 e. The summed E-state index contributed by atoms with van der Waals surface area (Å²) in [5.74, 6) is 0. The SMILES string of the molecule is O=C(OCc1ccccc1)N(CCO)CC(F)F. The van der Waals surface area contributed by atoms with Crippen molar-refractivity contribution < 1.29 is 23.4 Å². The molecule has 1 aromatic carbocycles. The predicted molar refractivity (Wildman–Crippen MR) is 61.3 cm³/mol. The van der Waals surface area contributed by atoms with Crippen LogP contribution >= 0.6 is 0 Å². The molecule has 0 aliphatic carbocycles. The number of hydrogen-bond donors (Lipinski definition) is 1. The molecule has 0 aliphatic rings. The number of nitrogens with zero attached hydrogens (tertiary/aromatic N) is 1. The van der Waals surface area contributed by atoms with Gasteiger partial charge >= 0.3 is 6.09 Å². The monoisotopic (exact) mass is 259 g/mol. The molecule has 0 bridgehead atoms. The van der Waals surface area contributed by atoms with Crippen LogP contribution in [0.5, 0.6) is 0 Å². The van der Waals surface area contributed by atoms with Gasteiger partial charge in [-0.1, -0.05) is 30.3 Å². The lowest BCUT2D eigenvalue weighted by Crippen LogP contribution is -2.37. The fraction of sp³-hybridized carbons (Fsp3) is 0.417. The molecule has 1 aromatic rings. The molecule has 6 heteroatoms. The maximum absolute atomic E-state index is 12.2. The maximum Gasteiger partial charge on any atom is 0.410 e. The first-order valence-electron chi connectivity index (χ1n) is 5.48. The fourth-order valence-corrected chi connectivity index (χ4v) is 1.36. The Labute approximate surface area is 104 Å². The van der Waals surface area contributed by atoms with Crippen molar-refractivity contribution in [1.82, 2.24) is 4.90 Å². The van der Waals surface area contributed by atoms with E-state index in [2.05, 4.69) is 0 Å². The van der Waals surface area contributed by atoms with Crippen LogP contribution in [-0.4, -0.2) is 42.2 Å². The molecule has 18 heavy (non-hydrogen) atoms. The van der Waals surface area contributed by atoms with Crippen LogP contribution in [0.2, 0.25) is 0 Å². The van der Waals surface area contributed by atoms with E-state index in [9.17, 15) is 13.6 Å². The number of alkyl halides is 2. The molecule has 0 radical (unpaired) electrons. The predicted octanol–water partition coefficient (Wildman–Crippen LogP) is 1.88. The third-order valence-corrected chi connectivity index (χ3v) is 2.19. The second kappa shape index (κ2) is 7.60. The summed E-state index contributed by atoms with van der Waals surface area (Å²) in [6.45, 7) is -1.27. The van der Waals surface area contributed by atoms with E-state index in [1.165, 1.54) is 0 Å². The Bertz CT molecular complexity index is 360. The van der Waals surface area contributed by atoms with Crippen LogP contribution in [-0.2, 0) is 11.3 Å². The molecule has 0 unspecified atom stereocenters. The molecule has 0 saturated heterocycles. The van der Waals surface area contributed by atoms with Crippen LogP contribution in [0.3, 0.4) is 0 Å². The van der Waals surface area contributed by atoms with E-state index in [4.69, 9.17) is 9.84 Å². The van der Waals surface area contributed by atoms with Gasteiger partial charge in [0.25, 0.3) is 6.43 Å². The molecule has 0 aromatic heterocycles. The summed E-state index contributed by atoms with van der Waals surface area (Å²) >= 11 is 0. The molecule has 0 spiro atoms. The summed E-state index contributed by atoms with van der Waals surface area (Å²) in [6.07, 6.45) is -3.51. The van der Waals surface area contributed by atoms with Crippen molar-refractivity contribution in [3.63, 3.8) is 0 Å². The Morgan fingerprint density at radius 1 is 1.33 bits per heavy atom. The summed E-state index contributed by atoms with van der Waals surface area (Å²) in [7, 11) is 0. The lowest BCUT2D eigenvalue weighted by Gasteiger charge is -2.20. The molecule has 1 rings (SSSR count). The van der Waals surface area contributed by atoms with Crippen LogP contribution in [0.15, 0.2) is 30.3 Å². The van der Waals surface area contributed by atoms with Gasteiger partial charge in [-0.2, -0.15) is 0 Å². The molecule has 1 N–H and O–H groups in total. The Balaban J connectivity index is 2.46. The van der Waals surface area contributed by atoms with Gasteiger partial charge in [0.05, 0.1) is 13.2 Å². The largest absolute Gasteiger partial charge is 0.445 e. The van der Waals surface area contributed by atoms with E-state index in [1.54, 1.807) is 24.3 Å². The van der Waals surface area contributed by atoms with E-state index in [1.807, 2.05) is 6.07 Å². The van der Waals surface area contributed by atoms with Gasteiger partial charge in [-0.15, -0.1) is 0 Å². The van der Waals surface area contributed by atoms with Crippen molar-refractivity contribution in [3.8, 4) is 0 Å². The third-order valence-electron chi connectivity index (χ3n) is 2.19. The Hall–Kier alpha value is -1.69. The van der Waals surface area contributed by atoms with Crippen LogP contribution in [0.25, 0.3) is 0 Å². The van der Waals surface area contributed by atoms with Crippen molar-refractivity contribution in [2.24, 2.45) is 0 Å². The van der Waals surface area contributed by atoms with Crippen LogP contribution in [0.4, 0.5) is 13.6 Å². The van der Waals surface area contributed by atoms with Crippen molar-refractivity contribution in [3.05, 3.63) is 35.9 Å². The van der Waals surface area contributed by atoms with Gasteiger partial charge in [-0.05, 0) is 5.56 Å². The molecule has 0 fully saturated rings. The van der Waals surface area contributed by atoms with E-state index in [0.717, 1.165) is 10.5 Å². The van der Waals surface area contributed by atoms with E-state index >= 15 is 0 Å². The highest BCUT2D eigenvalue weighted by molar-refractivity contribution is 5.67. The number of ether oxygens (including phenoxy) is 1. The molecule has 1 amide bonds. The first-order valence-corrected chi connectivity index (χ1v) is 5.48. The highest BCUT2D eigenvalue weighted by Gasteiger charge is 2.18. The Morgan fingerprint density at radius 2 is 2.00 bits per heavy atom. The lowest BCUT2D eigenvalue weighted by atomic mass is 10.2. The average Bonchev–Trinajstić information content (AvgIpc) is 2.36. The number of aliphatic hydroxyl groups excluding tert-OH is 1. The van der Waals surface area contributed by atoms with E-state index in [0.29, 0.717) is 0 Å². The van der Waals surface area contributed by atoms with Gasteiger partial charge in [0, 0.05) is 6.54 Å². The summed E-state index contributed by atoms with van der Waals surface area (Å²) in [5.41, 5.74) is 0.770. The van der Waals surface area contributed by atoms with E-state index in [-0.39, 0.29) is 19.8 Å². The van der Waals surface area contributed by atoms with Crippen molar-refractivity contribution in [2.45, 2.75) is 13.0 Å². The van der Waals surface area contributed by atoms with Gasteiger partial charge in [0.2, 0.25) is 0 Å². The second-order valence-electron chi connectivity index (χ2n) is 3.60. The maximum atomic E-state index is 12.2. The van der Waals surface area contributed by atoms with Crippen LogP contribution in [0, 0.1) is 0 Å². The number of hydrogen-bond acceptors (Lipinski definition) is 3. The number of carbonyl (C=O) groups is 1. The first-order chi connectivity index (χ1) is 8.63. The van der Waals surface area contributed by atoms with Crippen LogP contribution in [0.1, 0.15) is 5.56 Å². The van der Waals surface area contributed by atoms with Gasteiger partial charge in [0.1, 0.15) is 6.61 Å². The zero-order chi connectivity index (χ0) is 13.4. The number of amides is 1. The standard InChI is InChI=1S/C12H15F2NO3/c13-11(14)8-15(6-7-16)12(17)18-9-10-4-2-1-3-5-10/h1-5,11,16H,6-9H2. The van der Waals surface area contributed by atoms with E-state index < -0.39 is 19.1 Å². The molecule has 0 atom stereocenters. The third kappa shape index (κ3) is 5.09. The zero-order valence-corrected chi connectivity index (χ0v) is 9.76. The first kappa shape index (κ1) is 14.4. The smallest absolute Gasteiger partial charge is 0.410 e. The van der Waals surface area contributed by atoms with Gasteiger partial charge in [-0.3, -0.25) is 0 Å². The van der Waals surface area contributed by atoms with Gasteiger partial charge < -0.3 is 14.7 Å². The lowest BCUT2D eigenvalue weighted by molar-refractivity contribution is 0.0511. The second-order valence-corrected chi connectivity index (χ2v) is 3.60. The van der Waals surface area contributed by atoms with Crippen molar-refractivity contribution in [2.75, 3.05) is 19.7 Å². The average molecular weight is 259 g/mol. The van der Waals surface area contributed by atoms with Crippen molar-refractivity contribution in [1.29, 1.82) is 0 Å². The topological polar surface area (TPSA) is 49.8 Å². The minimum absolute atomic E-state index is 0.0187. The molecule has 100 valence electrons. The molecular weight excluding hydrogens is 244 g/mol. The quantitative estimate of drug-likeness (QED) is 0.848. The number of aliphatic hydroxyl groups is 1. The minimum atomic E-state index is -2.65. The fourth-order valence-electron chi connectivity index (χ4n) is 1.36. The van der Waals surface area contributed by atoms with Gasteiger partial charge in [0.15, 0.2) is 0 Å². The summed E-state index contributed by atoms with van der Waals surface area (Å²) in [6, 6.07) is 8.91. The molecule has 4 nitrogen and oxygen atoms in total. The number of halogens is 2. The zero-order valence-electron chi connectivity index (χ0n) is 9.76. The number of rotatable bonds is 6. The molecule has 0 aliphatic heterocycles. The van der Waals surface area contributed by atoms with Crippen LogP contribution < -0.4 is 0 Å². The highest BCUT2D eigenvalue weighted by atomic mass is 19.3. The normalized spacial score (nSPS) is 10.4. The Kier molecular flexibility index (Phi) is 6.07. The highest BCUT2D eigenvalue weighted by Crippen LogP contribution is 2.05. The molecule has 0 saturated carbocycles. The van der Waals surface area contributed by atoms with Crippen molar-refractivity contribution >= 4 is 6.09 Å². The number of carbonyl (C=O) groups excluding carboxylic acids is 1. The summed E-state index contributed by atoms with van der Waals surface area (Å²) in [5, 5.41) is 8.69. The molecular formula is C12H15F2NO3. The Morgan fingerprint density at radius 3 is 2.56 bits per heavy atom. The van der Waals surface area contributed by atoms with Gasteiger partial charge in [-0.25, -0.2) is 13.6 Å².